The molecule has 0 radical (unpaired) electrons. The Labute approximate surface area is 155 Å². The van der Waals surface area contributed by atoms with Gasteiger partial charge in [-0.15, -0.1) is 0 Å². The molecule has 8 heteroatoms. The summed E-state index contributed by atoms with van der Waals surface area (Å²) in [6, 6.07) is 12.5. The van der Waals surface area contributed by atoms with E-state index in [1.165, 1.54) is 18.2 Å². The van der Waals surface area contributed by atoms with Crippen LogP contribution in [0.25, 0.3) is 0 Å². The van der Waals surface area contributed by atoms with Crippen LogP contribution in [-0.4, -0.2) is 28.9 Å². The molecule has 140 valence electrons. The topological polar surface area (TPSA) is 111 Å². The van der Waals surface area contributed by atoms with Gasteiger partial charge < -0.3 is 15.4 Å². The number of hydrogen-bond acceptors (Lipinski definition) is 5. The molecule has 1 fully saturated rings. The highest BCUT2D eigenvalue weighted by atomic mass is 16.6. The van der Waals surface area contributed by atoms with Crippen molar-refractivity contribution in [3.05, 3.63) is 64.2 Å². The molecule has 3 rings (SSSR count). The molecule has 0 unspecified atom stereocenters. The molecule has 1 atom stereocenters. The molecule has 2 N–H and O–H groups in total. The highest BCUT2D eigenvalue weighted by Gasteiger charge is 2.23. The molecule has 2 aromatic rings. The summed E-state index contributed by atoms with van der Waals surface area (Å²) in [4.78, 5) is 34.4. The highest BCUT2D eigenvalue weighted by molar-refractivity contribution is 5.95. The number of nitro benzene ring substituents is 1. The summed E-state index contributed by atoms with van der Waals surface area (Å²) in [7, 11) is 0. The molecule has 2 amide bonds. The van der Waals surface area contributed by atoms with E-state index < -0.39 is 16.9 Å². The minimum atomic E-state index is -0.824. The SMILES string of the molecule is C[C@H](Oc1ccc(C(=O)NC2CC2)cc1)C(=O)Nc1cccc([N+](=O)[O-])c1. The predicted molar refractivity (Wildman–Crippen MR) is 98.7 cm³/mol. The fraction of sp³-hybridized carbons (Fsp3) is 0.263. The van der Waals surface area contributed by atoms with Crippen LogP contribution in [0.15, 0.2) is 48.5 Å². The van der Waals surface area contributed by atoms with Crippen molar-refractivity contribution in [1.82, 2.24) is 5.32 Å². The Morgan fingerprint density at radius 3 is 2.52 bits per heavy atom. The van der Waals surface area contributed by atoms with Crippen molar-refractivity contribution in [3.8, 4) is 5.75 Å². The van der Waals surface area contributed by atoms with Crippen molar-refractivity contribution >= 4 is 23.2 Å². The monoisotopic (exact) mass is 369 g/mol. The van der Waals surface area contributed by atoms with Gasteiger partial charge in [0.05, 0.1) is 4.92 Å². The largest absolute Gasteiger partial charge is 0.481 e. The Morgan fingerprint density at radius 2 is 1.89 bits per heavy atom. The van der Waals surface area contributed by atoms with E-state index in [1.54, 1.807) is 37.3 Å². The number of carbonyl (C=O) groups excluding carboxylic acids is 2. The first-order valence-electron chi connectivity index (χ1n) is 8.55. The first-order valence-corrected chi connectivity index (χ1v) is 8.55. The predicted octanol–water partition coefficient (Wildman–Crippen LogP) is 2.89. The summed E-state index contributed by atoms with van der Waals surface area (Å²) in [5, 5.41) is 16.3. The second kappa shape index (κ2) is 7.86. The van der Waals surface area contributed by atoms with Gasteiger partial charge in [-0.3, -0.25) is 19.7 Å². The second-order valence-corrected chi connectivity index (χ2v) is 6.33. The molecule has 0 heterocycles. The fourth-order valence-electron chi connectivity index (χ4n) is 2.38. The molecular weight excluding hydrogens is 350 g/mol. The molecule has 1 saturated carbocycles. The van der Waals surface area contributed by atoms with E-state index in [9.17, 15) is 19.7 Å². The Balaban J connectivity index is 1.56. The van der Waals surface area contributed by atoms with E-state index in [1.807, 2.05) is 0 Å². The Hall–Kier alpha value is -3.42. The molecule has 0 spiro atoms. The third-order valence-electron chi connectivity index (χ3n) is 4.04. The van der Waals surface area contributed by atoms with Crippen LogP contribution < -0.4 is 15.4 Å². The molecule has 0 aromatic heterocycles. The first-order chi connectivity index (χ1) is 12.9. The van der Waals surface area contributed by atoms with Gasteiger partial charge in [-0.1, -0.05) is 6.07 Å². The van der Waals surface area contributed by atoms with Gasteiger partial charge in [-0.2, -0.15) is 0 Å². The number of ether oxygens (including phenoxy) is 1. The van der Waals surface area contributed by atoms with Gasteiger partial charge in [0.1, 0.15) is 5.75 Å². The minimum Gasteiger partial charge on any atom is -0.481 e. The van der Waals surface area contributed by atoms with Gasteiger partial charge in [0.2, 0.25) is 0 Å². The lowest BCUT2D eigenvalue weighted by Crippen LogP contribution is -2.30. The van der Waals surface area contributed by atoms with Crippen LogP contribution in [0, 0.1) is 10.1 Å². The Bertz CT molecular complexity index is 862. The quantitative estimate of drug-likeness (QED) is 0.576. The summed E-state index contributed by atoms with van der Waals surface area (Å²) in [5.41, 5.74) is 0.737. The normalized spacial score (nSPS) is 14.1. The summed E-state index contributed by atoms with van der Waals surface area (Å²) in [5.74, 6) is -0.119. The second-order valence-electron chi connectivity index (χ2n) is 6.33. The summed E-state index contributed by atoms with van der Waals surface area (Å²) in [6.45, 7) is 1.57. The van der Waals surface area contributed by atoms with Gasteiger partial charge in [-0.05, 0) is 50.1 Å². The first kappa shape index (κ1) is 18.4. The maximum absolute atomic E-state index is 12.2. The van der Waals surface area contributed by atoms with E-state index in [4.69, 9.17) is 4.74 Å². The number of carbonyl (C=O) groups is 2. The molecule has 8 nitrogen and oxygen atoms in total. The molecular formula is C19H19N3O5. The summed E-state index contributed by atoms with van der Waals surface area (Å²) < 4.78 is 5.58. The lowest BCUT2D eigenvalue weighted by atomic mass is 10.2. The van der Waals surface area contributed by atoms with Crippen LogP contribution in [0.3, 0.4) is 0 Å². The molecule has 0 bridgehead atoms. The molecule has 1 aliphatic carbocycles. The number of amides is 2. The third-order valence-corrected chi connectivity index (χ3v) is 4.04. The number of nitro groups is 1. The van der Waals surface area contributed by atoms with E-state index >= 15 is 0 Å². The van der Waals surface area contributed by atoms with E-state index in [2.05, 4.69) is 10.6 Å². The Kier molecular flexibility index (Phi) is 5.35. The molecule has 0 saturated heterocycles. The zero-order chi connectivity index (χ0) is 19.4. The zero-order valence-corrected chi connectivity index (χ0v) is 14.7. The highest BCUT2D eigenvalue weighted by Crippen LogP contribution is 2.21. The lowest BCUT2D eigenvalue weighted by molar-refractivity contribution is -0.384. The van der Waals surface area contributed by atoms with Gasteiger partial charge in [0.15, 0.2) is 6.10 Å². The van der Waals surface area contributed by atoms with E-state index in [0.29, 0.717) is 17.0 Å². The van der Waals surface area contributed by atoms with Crippen molar-refractivity contribution in [2.24, 2.45) is 0 Å². The van der Waals surface area contributed by atoms with Crippen LogP contribution in [0.5, 0.6) is 5.75 Å². The third kappa shape index (κ3) is 5.04. The average molecular weight is 369 g/mol. The fourth-order valence-corrected chi connectivity index (χ4v) is 2.38. The van der Waals surface area contributed by atoms with Crippen molar-refractivity contribution in [2.75, 3.05) is 5.32 Å². The van der Waals surface area contributed by atoms with Crippen molar-refractivity contribution in [1.29, 1.82) is 0 Å². The zero-order valence-electron chi connectivity index (χ0n) is 14.7. The smallest absolute Gasteiger partial charge is 0.271 e. The molecule has 0 aliphatic heterocycles. The van der Waals surface area contributed by atoms with Crippen LogP contribution >= 0.6 is 0 Å². The molecule has 27 heavy (non-hydrogen) atoms. The maximum Gasteiger partial charge on any atom is 0.271 e. The number of hydrogen-bond donors (Lipinski definition) is 2. The number of non-ortho nitro benzene ring substituents is 1. The average Bonchev–Trinajstić information content (AvgIpc) is 3.46. The van der Waals surface area contributed by atoms with Crippen LogP contribution in [0.1, 0.15) is 30.1 Å². The van der Waals surface area contributed by atoms with Gasteiger partial charge in [0, 0.05) is 29.4 Å². The number of nitrogens with zero attached hydrogens (tertiary/aromatic N) is 1. The van der Waals surface area contributed by atoms with Crippen molar-refractivity contribution in [3.63, 3.8) is 0 Å². The van der Waals surface area contributed by atoms with Crippen molar-refractivity contribution in [2.45, 2.75) is 31.9 Å². The standard InChI is InChI=1S/C19H19N3O5/c1-12(18(23)21-15-3-2-4-16(11-15)22(25)26)27-17-9-5-13(6-10-17)19(24)20-14-7-8-14/h2-6,9-12,14H,7-8H2,1H3,(H,20,24)(H,21,23)/t12-/m0/s1. The number of nitrogens with one attached hydrogen (secondary N) is 2. The van der Waals surface area contributed by atoms with Gasteiger partial charge in [0.25, 0.3) is 17.5 Å². The van der Waals surface area contributed by atoms with E-state index in [-0.39, 0.29) is 17.6 Å². The lowest BCUT2D eigenvalue weighted by Gasteiger charge is -2.15. The number of rotatable bonds is 7. The van der Waals surface area contributed by atoms with Crippen LogP contribution in [0.2, 0.25) is 0 Å². The minimum absolute atomic E-state index is 0.110. The van der Waals surface area contributed by atoms with Crippen molar-refractivity contribution < 1.29 is 19.2 Å². The maximum atomic E-state index is 12.2. The van der Waals surface area contributed by atoms with Crippen LogP contribution in [0.4, 0.5) is 11.4 Å². The van der Waals surface area contributed by atoms with Crippen LogP contribution in [-0.2, 0) is 4.79 Å². The summed E-state index contributed by atoms with van der Waals surface area (Å²) in [6.07, 6.45) is 1.21. The van der Waals surface area contributed by atoms with E-state index in [0.717, 1.165) is 12.8 Å². The van der Waals surface area contributed by atoms with Gasteiger partial charge in [-0.25, -0.2) is 0 Å². The summed E-state index contributed by atoms with van der Waals surface area (Å²) >= 11 is 0. The number of benzene rings is 2. The number of anilines is 1. The molecule has 1 aliphatic rings. The van der Waals surface area contributed by atoms with Gasteiger partial charge >= 0.3 is 0 Å². The molecule has 2 aromatic carbocycles. The Morgan fingerprint density at radius 1 is 1.19 bits per heavy atom.